The van der Waals surface area contributed by atoms with Crippen LogP contribution in [0.4, 0.5) is 0 Å². The van der Waals surface area contributed by atoms with Crippen LogP contribution in [0, 0.1) is 0 Å². The van der Waals surface area contributed by atoms with E-state index in [0.29, 0.717) is 11.8 Å². The highest BCUT2D eigenvalue weighted by molar-refractivity contribution is 5.88. The minimum Gasteiger partial charge on any atom is -0.395 e. The molecule has 198 valence electrons. The molecule has 0 aliphatic heterocycles. The zero-order chi connectivity index (χ0) is 27.5. The number of carbonyl (C=O) groups excluding carboxylic acids is 2. The second kappa shape index (κ2) is 12.2. The van der Waals surface area contributed by atoms with Crippen molar-refractivity contribution in [2.45, 2.75) is 125 Å². The standard InChI is InChI=1S/C33H48O3/c1-18(2)24-13-26(20(5)6)30(27(14-24)21(7)8)32(33(35)36-17-34)31-28(22(9)10)15-25(19(3)4)16-29(31)23(11)12/h13-23,32H,1-12H3. The van der Waals surface area contributed by atoms with Gasteiger partial charge < -0.3 is 4.74 Å². The van der Waals surface area contributed by atoms with Crippen molar-refractivity contribution in [3.63, 3.8) is 0 Å². The quantitative estimate of drug-likeness (QED) is 0.188. The highest BCUT2D eigenvalue weighted by Gasteiger charge is 2.36. The van der Waals surface area contributed by atoms with Crippen LogP contribution in [0.1, 0.15) is 169 Å². The predicted octanol–water partition coefficient (Wildman–Crippen LogP) is 9.26. The highest BCUT2D eigenvalue weighted by Crippen LogP contribution is 2.45. The number of benzene rings is 2. The summed E-state index contributed by atoms with van der Waals surface area (Å²) in [5, 5.41) is 0. The van der Waals surface area contributed by atoms with Crippen molar-refractivity contribution in [3.8, 4) is 0 Å². The lowest BCUT2D eigenvalue weighted by atomic mass is 9.72. The summed E-state index contributed by atoms with van der Waals surface area (Å²) in [6.45, 7) is 26.6. The molecule has 2 aromatic rings. The molecular weight excluding hydrogens is 444 g/mol. The Balaban J connectivity index is 3.17. The summed E-state index contributed by atoms with van der Waals surface area (Å²) in [4.78, 5) is 25.3. The third kappa shape index (κ3) is 6.28. The number of ether oxygens (including phenoxy) is 1. The molecule has 0 spiro atoms. The van der Waals surface area contributed by atoms with Gasteiger partial charge in [-0.25, -0.2) is 0 Å². The predicted molar refractivity (Wildman–Crippen MR) is 151 cm³/mol. The van der Waals surface area contributed by atoms with Gasteiger partial charge in [0, 0.05) is 0 Å². The van der Waals surface area contributed by atoms with E-state index in [2.05, 4.69) is 107 Å². The molecule has 0 amide bonds. The van der Waals surface area contributed by atoms with Crippen LogP contribution in [0.2, 0.25) is 0 Å². The summed E-state index contributed by atoms with van der Waals surface area (Å²) in [5.41, 5.74) is 9.22. The molecule has 36 heavy (non-hydrogen) atoms. The van der Waals surface area contributed by atoms with Gasteiger partial charge in [-0.15, -0.1) is 0 Å². The average molecular weight is 493 g/mol. The minimum absolute atomic E-state index is 0.211. The van der Waals surface area contributed by atoms with E-state index in [1.807, 2.05) is 0 Å². The molecule has 2 aromatic carbocycles. The van der Waals surface area contributed by atoms with Gasteiger partial charge in [-0.2, -0.15) is 0 Å². The smallest absolute Gasteiger partial charge is 0.325 e. The second-order valence-corrected chi connectivity index (χ2v) is 12.1. The molecule has 0 aliphatic rings. The van der Waals surface area contributed by atoms with Gasteiger partial charge in [-0.1, -0.05) is 107 Å². The minimum atomic E-state index is -0.665. The molecule has 3 nitrogen and oxygen atoms in total. The van der Waals surface area contributed by atoms with Crippen molar-refractivity contribution in [2.24, 2.45) is 0 Å². The van der Waals surface area contributed by atoms with Crippen LogP contribution in [-0.4, -0.2) is 12.4 Å². The third-order valence-electron chi connectivity index (χ3n) is 7.33. The molecule has 0 fully saturated rings. The van der Waals surface area contributed by atoms with Gasteiger partial charge in [0.1, 0.15) is 5.92 Å². The summed E-state index contributed by atoms with van der Waals surface area (Å²) in [6, 6.07) is 9.07. The molecule has 0 atom stereocenters. The Morgan fingerprint density at radius 2 is 0.833 bits per heavy atom. The third-order valence-corrected chi connectivity index (χ3v) is 7.33. The Kier molecular flexibility index (Phi) is 10.1. The maximum absolute atomic E-state index is 13.8. The molecule has 0 heterocycles. The van der Waals surface area contributed by atoms with Crippen molar-refractivity contribution in [3.05, 3.63) is 68.8 Å². The lowest BCUT2D eigenvalue weighted by molar-refractivity contribution is -0.151. The average Bonchev–Trinajstić information content (AvgIpc) is 2.78. The monoisotopic (exact) mass is 492 g/mol. The van der Waals surface area contributed by atoms with Crippen molar-refractivity contribution in [1.29, 1.82) is 0 Å². The second-order valence-electron chi connectivity index (χ2n) is 12.1. The molecule has 0 saturated carbocycles. The van der Waals surface area contributed by atoms with Crippen molar-refractivity contribution in [2.75, 3.05) is 0 Å². The van der Waals surface area contributed by atoms with E-state index < -0.39 is 11.9 Å². The first-order valence-electron chi connectivity index (χ1n) is 13.7. The zero-order valence-electron chi connectivity index (χ0n) is 24.7. The molecule has 0 bridgehead atoms. The normalized spacial score (nSPS) is 12.2. The van der Waals surface area contributed by atoms with Crippen molar-refractivity contribution in [1.82, 2.24) is 0 Å². The first-order chi connectivity index (χ1) is 16.7. The fraction of sp³-hybridized carbons (Fsp3) is 0.576. The number of hydrogen-bond acceptors (Lipinski definition) is 3. The molecular formula is C33H48O3. The molecule has 0 N–H and O–H groups in total. The van der Waals surface area contributed by atoms with Crippen LogP contribution in [-0.2, 0) is 14.3 Å². The van der Waals surface area contributed by atoms with Gasteiger partial charge in [0.05, 0.1) is 0 Å². The molecule has 3 heteroatoms. The summed E-state index contributed by atoms with van der Waals surface area (Å²) >= 11 is 0. The molecule has 2 rings (SSSR count). The van der Waals surface area contributed by atoms with E-state index in [9.17, 15) is 9.59 Å². The van der Waals surface area contributed by atoms with Crippen LogP contribution in [0.15, 0.2) is 24.3 Å². The SMILES string of the molecule is CC(C)c1cc(C(C)C)c(C(C(=O)OC=O)c2c(C(C)C)cc(C(C)C)cc2C(C)C)c(C(C)C)c1. The molecule has 0 radical (unpaired) electrons. The summed E-state index contributed by atoms with van der Waals surface area (Å²) in [6.07, 6.45) is 0. The number of esters is 1. The van der Waals surface area contributed by atoms with Crippen LogP contribution in [0.25, 0.3) is 0 Å². The topological polar surface area (TPSA) is 43.4 Å². The Hall–Kier alpha value is -2.42. The maximum atomic E-state index is 13.8. The van der Waals surface area contributed by atoms with E-state index in [-0.39, 0.29) is 30.1 Å². The fourth-order valence-electron chi connectivity index (χ4n) is 5.19. The number of carbonyl (C=O) groups is 2. The summed E-state index contributed by atoms with van der Waals surface area (Å²) < 4.78 is 5.19. The van der Waals surface area contributed by atoms with Gasteiger partial charge in [-0.05, 0) is 80.0 Å². The van der Waals surface area contributed by atoms with E-state index in [4.69, 9.17) is 4.74 Å². The lowest BCUT2D eigenvalue weighted by Crippen LogP contribution is -2.24. The molecule has 0 saturated heterocycles. The number of rotatable bonds is 10. The fourth-order valence-corrected chi connectivity index (χ4v) is 5.19. The first kappa shape index (κ1) is 29.8. The van der Waals surface area contributed by atoms with E-state index in [1.165, 1.54) is 11.1 Å². The summed E-state index contributed by atoms with van der Waals surface area (Å²) in [7, 11) is 0. The van der Waals surface area contributed by atoms with Gasteiger partial charge in [-0.3, -0.25) is 9.59 Å². The van der Waals surface area contributed by atoms with Gasteiger partial charge in [0.15, 0.2) is 0 Å². The Labute approximate surface area is 220 Å². The van der Waals surface area contributed by atoms with Crippen LogP contribution >= 0.6 is 0 Å². The van der Waals surface area contributed by atoms with E-state index in [1.54, 1.807) is 0 Å². The Bertz CT molecular complexity index is 937. The van der Waals surface area contributed by atoms with Gasteiger partial charge >= 0.3 is 12.4 Å². The first-order valence-corrected chi connectivity index (χ1v) is 13.7. The van der Waals surface area contributed by atoms with Gasteiger partial charge in [0.2, 0.25) is 0 Å². The lowest BCUT2D eigenvalue weighted by Gasteiger charge is -2.32. The number of hydrogen-bond donors (Lipinski definition) is 0. The van der Waals surface area contributed by atoms with Crippen LogP contribution < -0.4 is 0 Å². The van der Waals surface area contributed by atoms with Gasteiger partial charge in [0.25, 0.3) is 0 Å². The summed E-state index contributed by atoms with van der Waals surface area (Å²) in [5.74, 6) is 0.430. The molecule has 0 aromatic heterocycles. The largest absolute Gasteiger partial charge is 0.395 e. The molecule has 0 unspecified atom stereocenters. The Morgan fingerprint density at radius 1 is 0.556 bits per heavy atom. The highest BCUT2D eigenvalue weighted by atomic mass is 16.6. The molecule has 0 aliphatic carbocycles. The van der Waals surface area contributed by atoms with Crippen molar-refractivity contribution >= 4 is 12.4 Å². The van der Waals surface area contributed by atoms with E-state index in [0.717, 1.165) is 33.4 Å². The van der Waals surface area contributed by atoms with Crippen LogP contribution in [0.3, 0.4) is 0 Å². The van der Waals surface area contributed by atoms with Crippen molar-refractivity contribution < 1.29 is 14.3 Å². The Morgan fingerprint density at radius 3 is 1.03 bits per heavy atom. The maximum Gasteiger partial charge on any atom is 0.325 e. The zero-order valence-corrected chi connectivity index (χ0v) is 24.7. The van der Waals surface area contributed by atoms with Crippen LogP contribution in [0.5, 0.6) is 0 Å². The van der Waals surface area contributed by atoms with E-state index >= 15 is 0 Å².